The first-order valence-corrected chi connectivity index (χ1v) is 7.41. The average Bonchev–Trinajstić information content (AvgIpc) is 2.41. The third-order valence-corrected chi connectivity index (χ3v) is 3.69. The molecule has 0 radical (unpaired) electrons. The third kappa shape index (κ3) is 4.82. The number of hydrogen-bond donors (Lipinski definition) is 1. The molecule has 118 valence electrons. The van der Waals surface area contributed by atoms with Crippen LogP contribution >= 0.6 is 15.9 Å². The summed E-state index contributed by atoms with van der Waals surface area (Å²) in [6, 6.07) is -0.435. The van der Waals surface area contributed by atoms with Crippen LogP contribution in [-0.4, -0.2) is 66.3 Å². The fraction of sp³-hybridized carbons (Fsp3) is 0.615. The zero-order chi connectivity index (χ0) is 16.2. The number of nitrogens with zero attached hydrogens (tertiary/aromatic N) is 4. The lowest BCUT2D eigenvalue weighted by Gasteiger charge is -2.19. The number of carbonyl (C=O) groups excluding carboxylic acids is 1. The van der Waals surface area contributed by atoms with Crippen LogP contribution < -0.4 is 10.9 Å². The molecule has 1 rings (SSSR count). The molecule has 0 aliphatic heterocycles. The Kier molecular flexibility index (Phi) is 6.35. The number of anilines is 1. The van der Waals surface area contributed by atoms with E-state index in [9.17, 15) is 9.59 Å². The molecule has 0 aromatic carbocycles. The number of likely N-dealkylation sites (N-methyl/N-ethyl adjacent to an activating group) is 2. The van der Waals surface area contributed by atoms with Crippen molar-refractivity contribution in [1.29, 1.82) is 0 Å². The first kappa shape index (κ1) is 17.6. The minimum absolute atomic E-state index is 0.0707. The van der Waals surface area contributed by atoms with Crippen molar-refractivity contribution < 1.29 is 4.79 Å². The van der Waals surface area contributed by atoms with Gasteiger partial charge in [-0.3, -0.25) is 9.59 Å². The molecule has 8 heteroatoms. The molecule has 1 aromatic rings. The number of amides is 1. The number of rotatable bonds is 6. The second-order valence-corrected chi connectivity index (χ2v) is 6.10. The summed E-state index contributed by atoms with van der Waals surface area (Å²) in [5, 5.41) is 7.13. The molecule has 1 N–H and O–H groups in total. The van der Waals surface area contributed by atoms with E-state index in [4.69, 9.17) is 0 Å². The topological polar surface area (TPSA) is 70.5 Å². The molecule has 0 saturated heterocycles. The average molecular weight is 360 g/mol. The highest BCUT2D eigenvalue weighted by molar-refractivity contribution is 9.10. The van der Waals surface area contributed by atoms with Gasteiger partial charge in [-0.05, 0) is 36.9 Å². The molecule has 1 aromatic heterocycles. The van der Waals surface area contributed by atoms with Gasteiger partial charge in [0.2, 0.25) is 5.91 Å². The van der Waals surface area contributed by atoms with Crippen LogP contribution in [0.1, 0.15) is 6.92 Å². The van der Waals surface area contributed by atoms with E-state index < -0.39 is 6.04 Å². The number of hydrogen-bond acceptors (Lipinski definition) is 5. The van der Waals surface area contributed by atoms with Crippen LogP contribution in [0, 0.1) is 0 Å². The fourth-order valence-corrected chi connectivity index (χ4v) is 2.12. The van der Waals surface area contributed by atoms with Crippen LogP contribution in [-0.2, 0) is 11.3 Å². The molecule has 0 spiro atoms. The second-order valence-electron chi connectivity index (χ2n) is 5.30. The number of carbonyl (C=O) groups is 1. The van der Waals surface area contributed by atoms with Gasteiger partial charge in [-0.2, -0.15) is 5.10 Å². The Morgan fingerprint density at radius 2 is 2.05 bits per heavy atom. The summed E-state index contributed by atoms with van der Waals surface area (Å²) in [4.78, 5) is 27.5. The Bertz CT molecular complexity index is 556. The summed E-state index contributed by atoms with van der Waals surface area (Å²) >= 11 is 3.28. The van der Waals surface area contributed by atoms with Gasteiger partial charge in [0.25, 0.3) is 5.56 Å². The zero-order valence-corrected chi connectivity index (χ0v) is 14.6. The normalized spacial score (nSPS) is 12.3. The highest BCUT2D eigenvalue weighted by Crippen LogP contribution is 2.17. The Balaban J connectivity index is 2.89. The van der Waals surface area contributed by atoms with Gasteiger partial charge < -0.3 is 15.1 Å². The van der Waals surface area contributed by atoms with E-state index in [-0.39, 0.29) is 11.5 Å². The molecule has 0 bridgehead atoms. The van der Waals surface area contributed by atoms with Crippen molar-refractivity contribution in [1.82, 2.24) is 19.6 Å². The van der Waals surface area contributed by atoms with Crippen molar-refractivity contribution in [3.63, 3.8) is 0 Å². The molecular formula is C13H22BrN5O2. The summed E-state index contributed by atoms with van der Waals surface area (Å²) in [6.45, 7) is 2.98. The first-order chi connectivity index (χ1) is 9.73. The summed E-state index contributed by atoms with van der Waals surface area (Å²) in [7, 11) is 7.25. The predicted octanol–water partition coefficient (Wildman–Crippen LogP) is 0.456. The maximum Gasteiger partial charge on any atom is 0.283 e. The standard InChI is InChI=1S/C13H22BrN5O2/c1-9(12(20)18(4)5)16-10-8-15-19(7-6-17(2)3)13(21)11(10)14/h8-9,16H,6-7H2,1-5H3. The lowest BCUT2D eigenvalue weighted by Crippen LogP contribution is -2.37. The van der Waals surface area contributed by atoms with Gasteiger partial charge in [-0.25, -0.2) is 4.68 Å². The van der Waals surface area contributed by atoms with Crippen molar-refractivity contribution in [3.8, 4) is 0 Å². The number of nitrogens with one attached hydrogen (secondary N) is 1. The van der Waals surface area contributed by atoms with Gasteiger partial charge in [-0.15, -0.1) is 0 Å². The SMILES string of the molecule is CC(Nc1cnn(CCN(C)C)c(=O)c1Br)C(=O)N(C)C. The molecule has 21 heavy (non-hydrogen) atoms. The van der Waals surface area contributed by atoms with E-state index >= 15 is 0 Å². The molecular weight excluding hydrogens is 338 g/mol. The molecule has 1 atom stereocenters. The van der Waals surface area contributed by atoms with Crippen molar-refractivity contribution >= 4 is 27.5 Å². The molecule has 7 nitrogen and oxygen atoms in total. The van der Waals surface area contributed by atoms with Crippen molar-refractivity contribution in [2.75, 3.05) is 40.1 Å². The molecule has 1 unspecified atom stereocenters. The number of halogens is 1. The van der Waals surface area contributed by atoms with E-state index in [1.807, 2.05) is 19.0 Å². The maximum atomic E-state index is 12.2. The number of aromatic nitrogens is 2. The Morgan fingerprint density at radius 1 is 1.43 bits per heavy atom. The second kappa shape index (κ2) is 7.56. The van der Waals surface area contributed by atoms with Crippen LogP contribution in [0.5, 0.6) is 0 Å². The van der Waals surface area contributed by atoms with Gasteiger partial charge >= 0.3 is 0 Å². The van der Waals surface area contributed by atoms with E-state index in [2.05, 4.69) is 26.3 Å². The van der Waals surface area contributed by atoms with Crippen LogP contribution in [0.4, 0.5) is 5.69 Å². The molecule has 0 saturated carbocycles. The van der Waals surface area contributed by atoms with E-state index in [1.54, 1.807) is 27.2 Å². The van der Waals surface area contributed by atoms with Crippen LogP contribution in [0.3, 0.4) is 0 Å². The summed E-state index contributed by atoms with van der Waals surface area (Å²) in [5.41, 5.74) is 0.301. The lowest BCUT2D eigenvalue weighted by atomic mass is 10.3. The van der Waals surface area contributed by atoms with Gasteiger partial charge in [0.1, 0.15) is 10.5 Å². The Morgan fingerprint density at radius 3 is 2.57 bits per heavy atom. The van der Waals surface area contributed by atoms with E-state index in [0.717, 1.165) is 6.54 Å². The Hall–Kier alpha value is -1.41. The van der Waals surface area contributed by atoms with Crippen molar-refractivity contribution in [3.05, 3.63) is 21.0 Å². The van der Waals surface area contributed by atoms with Crippen LogP contribution in [0.25, 0.3) is 0 Å². The van der Waals surface area contributed by atoms with Gasteiger partial charge in [0.05, 0.1) is 18.4 Å². The van der Waals surface area contributed by atoms with Gasteiger partial charge in [0, 0.05) is 20.6 Å². The van der Waals surface area contributed by atoms with Crippen LogP contribution in [0.2, 0.25) is 0 Å². The summed E-state index contributed by atoms with van der Waals surface area (Å²) in [6.07, 6.45) is 1.56. The smallest absolute Gasteiger partial charge is 0.283 e. The van der Waals surface area contributed by atoms with Gasteiger partial charge in [-0.1, -0.05) is 0 Å². The highest BCUT2D eigenvalue weighted by Gasteiger charge is 2.17. The third-order valence-electron chi connectivity index (χ3n) is 2.93. The fourth-order valence-electron chi connectivity index (χ4n) is 1.70. The molecule has 1 heterocycles. The Labute approximate surface area is 133 Å². The lowest BCUT2D eigenvalue weighted by molar-refractivity contribution is -0.129. The summed E-state index contributed by atoms with van der Waals surface area (Å²) < 4.78 is 1.78. The first-order valence-electron chi connectivity index (χ1n) is 6.62. The summed E-state index contributed by atoms with van der Waals surface area (Å²) in [5.74, 6) is -0.0707. The maximum absolute atomic E-state index is 12.2. The largest absolute Gasteiger partial charge is 0.372 e. The highest BCUT2D eigenvalue weighted by atomic mass is 79.9. The quantitative estimate of drug-likeness (QED) is 0.798. The van der Waals surface area contributed by atoms with Crippen molar-refractivity contribution in [2.24, 2.45) is 0 Å². The van der Waals surface area contributed by atoms with Crippen LogP contribution in [0.15, 0.2) is 15.5 Å². The molecule has 1 amide bonds. The predicted molar refractivity (Wildman–Crippen MR) is 86.5 cm³/mol. The van der Waals surface area contributed by atoms with E-state index in [0.29, 0.717) is 16.7 Å². The van der Waals surface area contributed by atoms with Crippen molar-refractivity contribution in [2.45, 2.75) is 19.5 Å². The molecule has 0 fully saturated rings. The zero-order valence-electron chi connectivity index (χ0n) is 13.1. The molecule has 0 aliphatic rings. The molecule has 0 aliphatic carbocycles. The van der Waals surface area contributed by atoms with Gasteiger partial charge in [0.15, 0.2) is 0 Å². The minimum atomic E-state index is -0.435. The van der Waals surface area contributed by atoms with E-state index in [1.165, 1.54) is 9.58 Å². The monoisotopic (exact) mass is 359 g/mol. The minimum Gasteiger partial charge on any atom is -0.372 e.